The Morgan fingerprint density at radius 1 is 0.773 bits per heavy atom. The van der Waals surface area contributed by atoms with Gasteiger partial charge in [0.25, 0.3) is 11.8 Å². The van der Waals surface area contributed by atoms with Crippen molar-refractivity contribution >= 4 is 41.4 Å². The first kappa shape index (κ1) is 62.7. The number of hydrogen-bond donors (Lipinski definition) is 3. The molecular formula is C54H86N6O15. The molecule has 4 rings (SSSR count). The third kappa shape index (κ3) is 20.2. The fraction of sp³-hybridized carbons (Fsp3) is 0.722. The molecule has 21 nitrogen and oxygen atoms in total. The summed E-state index contributed by atoms with van der Waals surface area (Å²) in [5.41, 5.74) is -0.150. The van der Waals surface area contributed by atoms with E-state index in [2.05, 4.69) is 28.1 Å². The zero-order valence-electron chi connectivity index (χ0n) is 45.7. The quantitative estimate of drug-likeness (QED) is 0.0633. The van der Waals surface area contributed by atoms with Gasteiger partial charge in [-0.1, -0.05) is 57.5 Å². The van der Waals surface area contributed by atoms with Gasteiger partial charge in [-0.15, -0.1) is 0 Å². The minimum absolute atomic E-state index is 0.000892. The van der Waals surface area contributed by atoms with E-state index in [1.807, 2.05) is 39.0 Å². The Kier molecular flexibility index (Phi) is 27.3. The number of ether oxygens (including phenoxy) is 8. The fourth-order valence-corrected chi connectivity index (χ4v) is 9.40. The van der Waals surface area contributed by atoms with Gasteiger partial charge in [0.15, 0.2) is 0 Å². The van der Waals surface area contributed by atoms with E-state index in [1.54, 1.807) is 32.9 Å². The molecule has 0 radical (unpaired) electrons. The summed E-state index contributed by atoms with van der Waals surface area (Å²) >= 11 is 0. The van der Waals surface area contributed by atoms with Gasteiger partial charge >= 0.3 is 0 Å². The van der Waals surface area contributed by atoms with E-state index >= 15 is 0 Å². The van der Waals surface area contributed by atoms with Crippen LogP contribution in [0, 0.1) is 11.8 Å². The molecule has 6 atom stereocenters. The van der Waals surface area contributed by atoms with E-state index in [4.69, 9.17) is 37.9 Å². The van der Waals surface area contributed by atoms with Crippen molar-refractivity contribution in [2.45, 2.75) is 115 Å². The summed E-state index contributed by atoms with van der Waals surface area (Å²) in [5.74, 6) is -2.84. The summed E-state index contributed by atoms with van der Waals surface area (Å²) in [6, 6.07) is 9.43. The van der Waals surface area contributed by atoms with Gasteiger partial charge in [-0.05, 0) is 51.0 Å². The van der Waals surface area contributed by atoms with Gasteiger partial charge < -0.3 is 63.6 Å². The highest BCUT2D eigenvalue weighted by atomic mass is 16.6. The number of rotatable bonds is 39. The highest BCUT2D eigenvalue weighted by Crippen LogP contribution is 2.47. The molecule has 1 saturated heterocycles. The van der Waals surface area contributed by atoms with Gasteiger partial charge in [0.2, 0.25) is 29.5 Å². The van der Waals surface area contributed by atoms with Crippen molar-refractivity contribution in [1.82, 2.24) is 30.7 Å². The van der Waals surface area contributed by atoms with Crippen molar-refractivity contribution in [3.05, 3.63) is 48.0 Å². The predicted molar refractivity (Wildman–Crippen MR) is 277 cm³/mol. The van der Waals surface area contributed by atoms with E-state index in [-0.39, 0.29) is 92.7 Å². The Morgan fingerprint density at radius 3 is 1.84 bits per heavy atom. The SMILES string of the molecule is CC[C@H](C)[C@@H]([C@@H](CC(=O)N1CCC[C@H]1[C@H](OC)[C@@H](C)C(=O)NCC1(c2ccccc2)CC1)OC)N(C)C(=O)CNC(=O)C(C)(C)NC(=O)CCOCCOCCOCCOCCOCCOCCN1C(=O)C=CC1=O. The normalized spacial score (nSPS) is 18.1. The molecule has 21 heteroatoms. The predicted octanol–water partition coefficient (Wildman–Crippen LogP) is 2.18. The van der Waals surface area contributed by atoms with Gasteiger partial charge in [0.1, 0.15) is 5.54 Å². The lowest BCUT2D eigenvalue weighted by Crippen LogP contribution is -2.57. The van der Waals surface area contributed by atoms with Crippen molar-refractivity contribution < 1.29 is 71.5 Å². The van der Waals surface area contributed by atoms with Crippen LogP contribution in [0.3, 0.4) is 0 Å². The molecule has 0 unspecified atom stereocenters. The smallest absolute Gasteiger partial charge is 0.253 e. The Morgan fingerprint density at radius 2 is 1.32 bits per heavy atom. The van der Waals surface area contributed by atoms with Crippen LogP contribution >= 0.6 is 0 Å². The van der Waals surface area contributed by atoms with Crippen LogP contribution < -0.4 is 16.0 Å². The van der Waals surface area contributed by atoms with Crippen molar-refractivity contribution in [1.29, 1.82) is 0 Å². The summed E-state index contributed by atoms with van der Waals surface area (Å²) < 4.78 is 44.8. The van der Waals surface area contributed by atoms with Crippen LogP contribution in [0.25, 0.3) is 0 Å². The number of amides is 7. The van der Waals surface area contributed by atoms with Gasteiger partial charge in [-0.2, -0.15) is 0 Å². The van der Waals surface area contributed by atoms with Crippen molar-refractivity contribution in [3.8, 4) is 0 Å². The summed E-state index contributed by atoms with van der Waals surface area (Å²) in [4.78, 5) is 95.0. The molecule has 3 aliphatic rings. The summed E-state index contributed by atoms with van der Waals surface area (Å²) in [6.07, 6.45) is 5.48. The average molecular weight is 1060 g/mol. The first-order valence-electron chi connectivity index (χ1n) is 26.5. The van der Waals surface area contributed by atoms with Crippen molar-refractivity contribution in [2.24, 2.45) is 11.8 Å². The first-order chi connectivity index (χ1) is 36.0. The number of carbonyl (C=O) groups excluding carboxylic acids is 7. The van der Waals surface area contributed by atoms with Crippen LogP contribution in [-0.2, 0) is 76.9 Å². The number of likely N-dealkylation sites (tertiary alicyclic amines) is 1. The zero-order chi connectivity index (χ0) is 54.8. The molecule has 1 aliphatic carbocycles. The Labute approximate surface area is 443 Å². The van der Waals surface area contributed by atoms with Crippen molar-refractivity contribution in [3.63, 3.8) is 0 Å². The van der Waals surface area contributed by atoms with Crippen LogP contribution in [0.2, 0.25) is 0 Å². The molecule has 2 aliphatic heterocycles. The van der Waals surface area contributed by atoms with Crippen LogP contribution in [0.15, 0.2) is 42.5 Å². The number of hydrogen-bond acceptors (Lipinski definition) is 15. The highest BCUT2D eigenvalue weighted by Gasteiger charge is 2.46. The molecule has 7 amide bonds. The lowest BCUT2D eigenvalue weighted by Gasteiger charge is -2.39. The molecule has 2 fully saturated rings. The van der Waals surface area contributed by atoms with E-state index in [9.17, 15) is 33.6 Å². The standard InChI is InChI=1S/C54H86N6O15/c1-9-39(2)49(43(68-7)36-47(64)59-22-13-16-42(59)50(69-8)40(3)51(66)56-38-54(20-21-54)41-14-11-10-12-15-41)58(6)48(65)37-55-52(67)53(4,5)57-44(61)19-24-70-26-28-72-30-32-74-34-35-75-33-31-73-29-27-71-25-23-60-45(62)17-18-46(60)63/h10-12,14-15,17-18,39-40,42-43,49-50H,9,13,16,19-38H2,1-8H3,(H,55,67)(H,56,66)(H,57,61)/t39-,40+,42-,43+,49-,50+/m0/s1. The number of nitrogens with zero attached hydrogens (tertiary/aromatic N) is 3. The number of imide groups is 1. The van der Waals surface area contributed by atoms with E-state index in [0.717, 1.165) is 24.2 Å². The lowest BCUT2D eigenvalue weighted by atomic mass is 9.90. The second-order valence-corrected chi connectivity index (χ2v) is 20.0. The number of nitrogens with one attached hydrogen (secondary N) is 3. The molecule has 2 heterocycles. The van der Waals surface area contributed by atoms with Gasteiger partial charge in [0.05, 0.1) is 129 Å². The van der Waals surface area contributed by atoms with Crippen molar-refractivity contribution in [2.75, 3.05) is 127 Å². The summed E-state index contributed by atoms with van der Waals surface area (Å²) in [5, 5.41) is 8.57. The van der Waals surface area contributed by atoms with Crippen LogP contribution in [-0.4, -0.2) is 213 Å². The number of likely N-dealkylation sites (N-methyl/N-ethyl adjacent to an activating group) is 1. The molecule has 1 saturated carbocycles. The Balaban J connectivity index is 1.07. The molecule has 1 aromatic rings. The van der Waals surface area contributed by atoms with E-state index in [1.165, 1.54) is 29.7 Å². The zero-order valence-corrected chi connectivity index (χ0v) is 45.7. The molecule has 3 N–H and O–H groups in total. The number of benzene rings is 1. The second kappa shape index (κ2) is 32.7. The highest BCUT2D eigenvalue weighted by molar-refractivity contribution is 6.12. The maximum Gasteiger partial charge on any atom is 0.253 e. The summed E-state index contributed by atoms with van der Waals surface area (Å²) in [6.45, 7) is 13.8. The van der Waals surface area contributed by atoms with Crippen LogP contribution in [0.4, 0.5) is 0 Å². The maximum absolute atomic E-state index is 14.2. The molecule has 422 valence electrons. The second-order valence-electron chi connectivity index (χ2n) is 20.0. The molecule has 0 bridgehead atoms. The molecule has 75 heavy (non-hydrogen) atoms. The van der Waals surface area contributed by atoms with Gasteiger partial charge in [0, 0.05) is 58.3 Å². The summed E-state index contributed by atoms with van der Waals surface area (Å²) in [7, 11) is 4.76. The minimum Gasteiger partial charge on any atom is -0.379 e. The third-order valence-electron chi connectivity index (χ3n) is 14.3. The number of carbonyl (C=O) groups is 7. The first-order valence-corrected chi connectivity index (χ1v) is 26.5. The lowest BCUT2D eigenvalue weighted by molar-refractivity contribution is -0.146. The Bertz CT molecular complexity index is 1970. The maximum atomic E-state index is 14.2. The number of methoxy groups -OCH3 is 2. The third-order valence-corrected chi connectivity index (χ3v) is 14.3. The fourth-order valence-electron chi connectivity index (χ4n) is 9.40. The van der Waals surface area contributed by atoms with Crippen LogP contribution in [0.5, 0.6) is 0 Å². The van der Waals surface area contributed by atoms with E-state index < -0.39 is 41.5 Å². The molecule has 1 aromatic carbocycles. The van der Waals surface area contributed by atoms with E-state index in [0.29, 0.717) is 85.4 Å². The van der Waals surface area contributed by atoms with Gasteiger partial charge in [-0.3, -0.25) is 38.5 Å². The van der Waals surface area contributed by atoms with Gasteiger partial charge in [-0.25, -0.2) is 0 Å². The molecule has 0 spiro atoms. The Hall–Kier alpha value is -4.87. The topological polar surface area (TPSA) is 239 Å². The monoisotopic (exact) mass is 1060 g/mol. The van der Waals surface area contributed by atoms with Crippen LogP contribution in [0.1, 0.15) is 85.1 Å². The largest absolute Gasteiger partial charge is 0.379 e. The molecular weight excluding hydrogens is 973 g/mol. The minimum atomic E-state index is -1.34. The molecule has 0 aromatic heterocycles. The average Bonchev–Trinajstić information content (AvgIpc) is 3.92.